The van der Waals surface area contributed by atoms with E-state index in [4.69, 9.17) is 0 Å². The van der Waals surface area contributed by atoms with Gasteiger partial charge in [0.25, 0.3) is 5.91 Å². The van der Waals surface area contributed by atoms with Crippen LogP contribution in [0.15, 0.2) is 60.7 Å². The lowest BCUT2D eigenvalue weighted by atomic mass is 10.1. The van der Waals surface area contributed by atoms with Gasteiger partial charge in [0.15, 0.2) is 6.04 Å². The zero-order chi connectivity index (χ0) is 16.4. The minimum absolute atomic E-state index is 0.0966. The van der Waals surface area contributed by atoms with E-state index < -0.39 is 6.04 Å². The topological polar surface area (TPSA) is 72.7 Å². The lowest BCUT2D eigenvalue weighted by molar-refractivity contribution is -0.123. The lowest BCUT2D eigenvalue weighted by Gasteiger charge is -2.15. The van der Waals surface area contributed by atoms with E-state index in [9.17, 15) is 4.79 Å². The number of hydrogen-bond donors (Lipinski definition) is 1. The van der Waals surface area contributed by atoms with E-state index in [1.807, 2.05) is 60.7 Å². The molecule has 1 aliphatic rings. The highest BCUT2D eigenvalue weighted by molar-refractivity contribution is 5.83. The summed E-state index contributed by atoms with van der Waals surface area (Å²) in [5.41, 5.74) is 1.71. The molecule has 1 unspecified atom stereocenters. The average Bonchev–Trinajstić information content (AvgIpc) is 3.31. The van der Waals surface area contributed by atoms with Gasteiger partial charge in [0.05, 0.1) is 0 Å². The number of aromatic nitrogens is 4. The third-order valence-corrected chi connectivity index (χ3v) is 3.98. The summed E-state index contributed by atoms with van der Waals surface area (Å²) in [5.74, 6) is 0.413. The highest BCUT2D eigenvalue weighted by Crippen LogP contribution is 2.23. The first kappa shape index (κ1) is 14.6. The molecule has 1 fully saturated rings. The number of carbonyl (C=O) groups is 1. The second-order valence-corrected chi connectivity index (χ2v) is 5.90. The fourth-order valence-electron chi connectivity index (χ4n) is 2.57. The van der Waals surface area contributed by atoms with Gasteiger partial charge in [-0.2, -0.15) is 0 Å². The number of tetrazole rings is 1. The molecule has 1 atom stereocenters. The lowest BCUT2D eigenvalue weighted by Crippen LogP contribution is -2.35. The predicted molar refractivity (Wildman–Crippen MR) is 89.0 cm³/mol. The van der Waals surface area contributed by atoms with E-state index in [1.165, 1.54) is 4.80 Å². The second-order valence-electron chi connectivity index (χ2n) is 5.90. The molecule has 24 heavy (non-hydrogen) atoms. The minimum Gasteiger partial charge on any atom is -0.351 e. The normalized spacial score (nSPS) is 15.0. The molecule has 1 saturated carbocycles. The number of hydrogen-bond acceptors (Lipinski definition) is 4. The molecule has 3 aromatic rings. The van der Waals surface area contributed by atoms with Crippen molar-refractivity contribution in [1.82, 2.24) is 25.5 Å². The van der Waals surface area contributed by atoms with Crippen molar-refractivity contribution < 1.29 is 4.79 Å². The van der Waals surface area contributed by atoms with Gasteiger partial charge in [0.2, 0.25) is 5.82 Å². The molecule has 0 bridgehead atoms. The monoisotopic (exact) mass is 319 g/mol. The molecule has 0 radical (unpaired) electrons. The van der Waals surface area contributed by atoms with Gasteiger partial charge in [0, 0.05) is 11.6 Å². The molecule has 1 aromatic heterocycles. The van der Waals surface area contributed by atoms with E-state index in [0.29, 0.717) is 5.82 Å². The number of benzene rings is 2. The summed E-state index contributed by atoms with van der Waals surface area (Å²) < 4.78 is 0. The quantitative estimate of drug-likeness (QED) is 0.782. The Morgan fingerprint density at radius 3 is 2.38 bits per heavy atom. The van der Waals surface area contributed by atoms with Gasteiger partial charge in [-0.3, -0.25) is 4.79 Å². The Hall–Kier alpha value is -3.02. The third kappa shape index (κ3) is 3.03. The Labute approximate surface area is 139 Å². The summed E-state index contributed by atoms with van der Waals surface area (Å²) >= 11 is 0. The Balaban J connectivity index is 1.68. The molecule has 1 N–H and O–H groups in total. The van der Waals surface area contributed by atoms with Crippen LogP contribution in [0.4, 0.5) is 0 Å². The van der Waals surface area contributed by atoms with Crippen LogP contribution in [0.25, 0.3) is 11.4 Å². The van der Waals surface area contributed by atoms with Crippen molar-refractivity contribution in [3.8, 4) is 11.4 Å². The minimum atomic E-state index is -0.614. The summed E-state index contributed by atoms with van der Waals surface area (Å²) in [6.45, 7) is 0. The van der Waals surface area contributed by atoms with Crippen LogP contribution in [0, 0.1) is 0 Å². The number of amides is 1. The van der Waals surface area contributed by atoms with E-state index >= 15 is 0 Å². The van der Waals surface area contributed by atoms with Gasteiger partial charge < -0.3 is 5.32 Å². The first-order chi connectivity index (χ1) is 11.8. The van der Waals surface area contributed by atoms with E-state index in [1.54, 1.807) is 0 Å². The van der Waals surface area contributed by atoms with Crippen molar-refractivity contribution >= 4 is 5.91 Å². The van der Waals surface area contributed by atoms with Crippen LogP contribution in [-0.2, 0) is 4.79 Å². The fourth-order valence-corrected chi connectivity index (χ4v) is 2.57. The van der Waals surface area contributed by atoms with Crippen LogP contribution in [-0.4, -0.2) is 32.2 Å². The van der Waals surface area contributed by atoms with Crippen molar-refractivity contribution in [3.63, 3.8) is 0 Å². The Morgan fingerprint density at radius 1 is 1.04 bits per heavy atom. The Morgan fingerprint density at radius 2 is 1.71 bits per heavy atom. The molecule has 0 aliphatic heterocycles. The molecular weight excluding hydrogens is 302 g/mol. The highest BCUT2D eigenvalue weighted by atomic mass is 16.2. The smallest absolute Gasteiger partial charge is 0.251 e. The van der Waals surface area contributed by atoms with E-state index in [0.717, 1.165) is 24.0 Å². The molecule has 2 aromatic carbocycles. The fraction of sp³-hybridized carbons (Fsp3) is 0.222. The number of rotatable bonds is 5. The summed E-state index contributed by atoms with van der Waals surface area (Å²) in [7, 11) is 0. The largest absolute Gasteiger partial charge is 0.351 e. The average molecular weight is 319 g/mol. The van der Waals surface area contributed by atoms with Crippen LogP contribution in [0.3, 0.4) is 0 Å². The summed E-state index contributed by atoms with van der Waals surface area (Å²) in [4.78, 5) is 14.1. The maximum atomic E-state index is 12.7. The Kier molecular flexibility index (Phi) is 3.78. The van der Waals surface area contributed by atoms with Crippen LogP contribution < -0.4 is 5.32 Å². The molecular formula is C18H17N5O. The van der Waals surface area contributed by atoms with Crippen molar-refractivity contribution in [2.24, 2.45) is 0 Å². The molecule has 6 heteroatoms. The predicted octanol–water partition coefficient (Wildman–Crippen LogP) is 2.21. The van der Waals surface area contributed by atoms with E-state index in [-0.39, 0.29) is 11.9 Å². The standard InChI is InChI=1S/C18H17N5O/c24-18(19-15-11-12-15)16(13-7-3-1-4-8-13)23-21-17(20-22-23)14-9-5-2-6-10-14/h1-10,15-16H,11-12H2,(H,19,24). The first-order valence-electron chi connectivity index (χ1n) is 8.01. The van der Waals surface area contributed by atoms with E-state index in [2.05, 4.69) is 20.7 Å². The molecule has 0 spiro atoms. The number of nitrogens with zero attached hydrogens (tertiary/aromatic N) is 4. The Bertz CT molecular complexity index is 827. The third-order valence-electron chi connectivity index (χ3n) is 3.98. The number of nitrogens with one attached hydrogen (secondary N) is 1. The molecule has 1 aliphatic carbocycles. The van der Waals surface area contributed by atoms with Gasteiger partial charge in [-0.25, -0.2) is 0 Å². The van der Waals surface area contributed by atoms with Crippen molar-refractivity contribution in [2.75, 3.05) is 0 Å². The van der Waals surface area contributed by atoms with Crippen molar-refractivity contribution in [3.05, 3.63) is 66.2 Å². The van der Waals surface area contributed by atoms with Crippen LogP contribution >= 0.6 is 0 Å². The summed E-state index contributed by atoms with van der Waals surface area (Å²) in [6.07, 6.45) is 2.07. The van der Waals surface area contributed by atoms with Gasteiger partial charge in [-0.1, -0.05) is 60.7 Å². The summed E-state index contributed by atoms with van der Waals surface area (Å²) in [6, 6.07) is 18.8. The summed E-state index contributed by atoms with van der Waals surface area (Å²) in [5, 5.41) is 15.7. The SMILES string of the molecule is O=C(NC1CC1)C(c1ccccc1)n1nnc(-c2ccccc2)n1. The maximum absolute atomic E-state index is 12.7. The van der Waals surface area contributed by atoms with Crippen LogP contribution in [0.5, 0.6) is 0 Å². The molecule has 4 rings (SSSR count). The van der Waals surface area contributed by atoms with Gasteiger partial charge in [-0.05, 0) is 23.6 Å². The van der Waals surface area contributed by atoms with Crippen molar-refractivity contribution in [2.45, 2.75) is 24.9 Å². The maximum Gasteiger partial charge on any atom is 0.251 e. The molecule has 0 saturated heterocycles. The molecule has 6 nitrogen and oxygen atoms in total. The van der Waals surface area contributed by atoms with Crippen LogP contribution in [0.1, 0.15) is 24.4 Å². The second kappa shape index (κ2) is 6.23. The van der Waals surface area contributed by atoms with Gasteiger partial charge in [0.1, 0.15) is 0 Å². The zero-order valence-corrected chi connectivity index (χ0v) is 13.0. The van der Waals surface area contributed by atoms with Crippen LogP contribution in [0.2, 0.25) is 0 Å². The number of carbonyl (C=O) groups excluding carboxylic acids is 1. The van der Waals surface area contributed by atoms with Crippen molar-refractivity contribution in [1.29, 1.82) is 0 Å². The molecule has 1 heterocycles. The molecule has 120 valence electrons. The van der Waals surface area contributed by atoms with Gasteiger partial charge >= 0.3 is 0 Å². The first-order valence-corrected chi connectivity index (χ1v) is 8.01. The highest BCUT2D eigenvalue weighted by Gasteiger charge is 2.31. The van der Waals surface area contributed by atoms with Gasteiger partial charge in [-0.15, -0.1) is 15.0 Å². The zero-order valence-electron chi connectivity index (χ0n) is 13.0. The molecule has 1 amide bonds.